The van der Waals surface area contributed by atoms with E-state index in [4.69, 9.17) is 4.74 Å². The van der Waals surface area contributed by atoms with Crippen LogP contribution >= 0.6 is 11.3 Å². The Balaban J connectivity index is 2.01. The number of carbonyl (C=O) groups excluding carboxylic acids is 2. The number of thiophene rings is 1. The maximum atomic E-state index is 12.5. The highest BCUT2D eigenvalue weighted by molar-refractivity contribution is 7.15. The smallest absolute Gasteiger partial charge is 0.338 e. The van der Waals surface area contributed by atoms with Gasteiger partial charge in [-0.2, -0.15) is 0 Å². The molecule has 0 bridgehead atoms. The molecule has 0 radical (unpaired) electrons. The Kier molecular flexibility index (Phi) is 4.90. The minimum absolute atomic E-state index is 0.231. The van der Waals surface area contributed by atoms with Gasteiger partial charge in [0.2, 0.25) is 0 Å². The van der Waals surface area contributed by atoms with Gasteiger partial charge in [0, 0.05) is 22.5 Å². The van der Waals surface area contributed by atoms with E-state index in [1.165, 1.54) is 4.90 Å². The van der Waals surface area contributed by atoms with Crippen molar-refractivity contribution >= 4 is 23.3 Å². The number of carbonyl (C=O) groups is 2. The summed E-state index contributed by atoms with van der Waals surface area (Å²) < 4.78 is 5.21. The van der Waals surface area contributed by atoms with Gasteiger partial charge in [-0.15, -0.1) is 11.3 Å². The minimum atomic E-state index is -0.495. The van der Waals surface area contributed by atoms with Crippen LogP contribution in [0.5, 0.6) is 0 Å². The molecule has 0 unspecified atom stereocenters. The van der Waals surface area contributed by atoms with Crippen molar-refractivity contribution < 1.29 is 14.3 Å². The van der Waals surface area contributed by atoms with E-state index in [0.717, 1.165) is 15.3 Å². The van der Waals surface area contributed by atoms with Gasteiger partial charge in [-0.3, -0.25) is 0 Å². The fourth-order valence-electron chi connectivity index (χ4n) is 2.79. The molecular weight excluding hydrogens is 336 g/mol. The van der Waals surface area contributed by atoms with Gasteiger partial charge in [0.1, 0.15) is 0 Å². The van der Waals surface area contributed by atoms with Crippen LogP contribution in [-0.2, 0) is 9.53 Å². The molecule has 5 nitrogen and oxygen atoms in total. The molecule has 3 rings (SSSR count). The second-order valence-electron chi connectivity index (χ2n) is 5.73. The number of hydrogen-bond acceptors (Lipinski definition) is 4. The Morgan fingerprint density at radius 1 is 1.24 bits per heavy atom. The largest absolute Gasteiger partial charge is 0.463 e. The molecule has 130 valence electrons. The highest BCUT2D eigenvalue weighted by Crippen LogP contribution is 2.37. The van der Waals surface area contributed by atoms with Crippen LogP contribution in [0.2, 0.25) is 0 Å². The standard InChI is InChI=1S/C19H20N2O3S/c1-4-24-18(22)16-12(2)21(3)19(23)20-17(16)15-11-10-14(25-15)13-8-6-5-7-9-13/h5-11,17H,4H2,1-3H3,(H,20,23)/t17-/m0/s1. The Labute approximate surface area is 150 Å². The first kappa shape index (κ1) is 17.2. The summed E-state index contributed by atoms with van der Waals surface area (Å²) in [6.07, 6.45) is 0. The van der Waals surface area contributed by atoms with Gasteiger partial charge in [0.05, 0.1) is 18.2 Å². The summed E-state index contributed by atoms with van der Waals surface area (Å²) >= 11 is 1.56. The minimum Gasteiger partial charge on any atom is -0.463 e. The van der Waals surface area contributed by atoms with E-state index in [2.05, 4.69) is 5.32 Å². The predicted octanol–water partition coefficient (Wildman–Crippen LogP) is 3.95. The third-order valence-corrected chi connectivity index (χ3v) is 5.42. The zero-order valence-electron chi connectivity index (χ0n) is 14.4. The maximum Gasteiger partial charge on any atom is 0.338 e. The van der Waals surface area contributed by atoms with Gasteiger partial charge in [0.25, 0.3) is 0 Å². The average Bonchev–Trinajstić information content (AvgIpc) is 3.10. The highest BCUT2D eigenvalue weighted by Gasteiger charge is 2.35. The molecule has 2 heterocycles. The van der Waals surface area contributed by atoms with Crippen molar-refractivity contribution in [2.24, 2.45) is 0 Å². The van der Waals surface area contributed by atoms with Gasteiger partial charge in [0.15, 0.2) is 0 Å². The van der Waals surface area contributed by atoms with E-state index in [1.54, 1.807) is 32.2 Å². The molecule has 1 aliphatic heterocycles. The van der Waals surface area contributed by atoms with Crippen LogP contribution in [0.25, 0.3) is 10.4 Å². The van der Waals surface area contributed by atoms with E-state index in [9.17, 15) is 9.59 Å². The first-order valence-corrected chi connectivity index (χ1v) is 8.91. The number of ether oxygens (including phenoxy) is 1. The van der Waals surface area contributed by atoms with Crippen molar-refractivity contribution in [3.8, 4) is 10.4 Å². The lowest BCUT2D eigenvalue weighted by Gasteiger charge is -2.32. The zero-order valence-corrected chi connectivity index (χ0v) is 15.2. The molecule has 1 atom stereocenters. The second kappa shape index (κ2) is 7.11. The van der Waals surface area contributed by atoms with Crippen molar-refractivity contribution in [1.82, 2.24) is 10.2 Å². The molecule has 2 aromatic rings. The van der Waals surface area contributed by atoms with Crippen molar-refractivity contribution in [3.63, 3.8) is 0 Å². The van der Waals surface area contributed by atoms with Crippen LogP contribution in [0.1, 0.15) is 24.8 Å². The predicted molar refractivity (Wildman–Crippen MR) is 98.1 cm³/mol. The summed E-state index contributed by atoms with van der Waals surface area (Å²) in [4.78, 5) is 28.1. The Bertz CT molecular complexity index is 826. The third kappa shape index (κ3) is 3.30. The summed E-state index contributed by atoms with van der Waals surface area (Å²) in [5, 5.41) is 2.91. The fourth-order valence-corrected chi connectivity index (χ4v) is 3.86. The number of benzene rings is 1. The highest BCUT2D eigenvalue weighted by atomic mass is 32.1. The van der Waals surface area contributed by atoms with E-state index in [1.807, 2.05) is 42.5 Å². The van der Waals surface area contributed by atoms with Crippen LogP contribution in [0, 0.1) is 0 Å². The lowest BCUT2D eigenvalue weighted by molar-refractivity contribution is -0.139. The number of amides is 2. The number of hydrogen-bond donors (Lipinski definition) is 1. The van der Waals surface area contributed by atoms with Crippen LogP contribution in [-0.4, -0.2) is 30.6 Å². The molecule has 0 saturated carbocycles. The summed E-state index contributed by atoms with van der Waals surface area (Å²) in [5.41, 5.74) is 2.20. The first-order chi connectivity index (χ1) is 12.0. The molecule has 0 aliphatic carbocycles. The van der Waals surface area contributed by atoms with Gasteiger partial charge in [-0.05, 0) is 31.5 Å². The molecular formula is C19H20N2O3S. The van der Waals surface area contributed by atoms with Crippen molar-refractivity contribution in [2.75, 3.05) is 13.7 Å². The Hall–Kier alpha value is -2.60. The summed E-state index contributed by atoms with van der Waals surface area (Å²) in [6, 6.07) is 13.3. The summed E-state index contributed by atoms with van der Waals surface area (Å²) in [6.45, 7) is 3.83. The number of nitrogens with one attached hydrogen (secondary N) is 1. The van der Waals surface area contributed by atoms with Gasteiger partial charge >= 0.3 is 12.0 Å². The van der Waals surface area contributed by atoms with E-state index >= 15 is 0 Å². The van der Waals surface area contributed by atoms with Crippen molar-refractivity contribution in [3.05, 3.63) is 58.6 Å². The van der Waals surface area contributed by atoms with Crippen molar-refractivity contribution in [2.45, 2.75) is 19.9 Å². The van der Waals surface area contributed by atoms with E-state index in [-0.39, 0.29) is 6.03 Å². The third-order valence-electron chi connectivity index (χ3n) is 4.22. The lowest BCUT2D eigenvalue weighted by Crippen LogP contribution is -2.46. The van der Waals surface area contributed by atoms with Crippen LogP contribution in [0.4, 0.5) is 4.79 Å². The maximum absolute atomic E-state index is 12.5. The number of esters is 1. The molecule has 1 N–H and O–H groups in total. The van der Waals surface area contributed by atoms with E-state index in [0.29, 0.717) is 17.9 Å². The van der Waals surface area contributed by atoms with Crippen molar-refractivity contribution in [1.29, 1.82) is 0 Å². The summed E-state index contributed by atoms with van der Waals surface area (Å²) in [5.74, 6) is -0.397. The molecule has 25 heavy (non-hydrogen) atoms. The molecule has 0 spiro atoms. The fraction of sp³-hybridized carbons (Fsp3) is 0.263. The number of nitrogens with zero attached hydrogens (tertiary/aromatic N) is 1. The molecule has 2 amide bonds. The van der Waals surface area contributed by atoms with Crippen LogP contribution in [0.15, 0.2) is 53.7 Å². The molecule has 6 heteroatoms. The lowest BCUT2D eigenvalue weighted by atomic mass is 10.0. The topological polar surface area (TPSA) is 58.6 Å². The number of rotatable bonds is 4. The molecule has 1 aromatic carbocycles. The van der Waals surface area contributed by atoms with Gasteiger partial charge in [-0.25, -0.2) is 9.59 Å². The number of urea groups is 1. The van der Waals surface area contributed by atoms with Gasteiger partial charge in [-0.1, -0.05) is 30.3 Å². The van der Waals surface area contributed by atoms with Crippen LogP contribution in [0.3, 0.4) is 0 Å². The molecule has 0 saturated heterocycles. The van der Waals surface area contributed by atoms with Gasteiger partial charge < -0.3 is 15.0 Å². The zero-order chi connectivity index (χ0) is 18.0. The normalized spacial score (nSPS) is 17.5. The molecule has 0 fully saturated rings. The molecule has 1 aromatic heterocycles. The molecule has 1 aliphatic rings. The first-order valence-electron chi connectivity index (χ1n) is 8.10. The number of allylic oxidation sites excluding steroid dienone is 1. The van der Waals surface area contributed by atoms with Crippen LogP contribution < -0.4 is 5.32 Å². The average molecular weight is 356 g/mol. The Morgan fingerprint density at radius 3 is 2.64 bits per heavy atom. The SMILES string of the molecule is CCOC(=O)C1=C(C)N(C)C(=O)N[C@H]1c1ccc(-c2ccccc2)s1. The second-order valence-corrected chi connectivity index (χ2v) is 6.84. The quantitative estimate of drug-likeness (QED) is 0.844. The Morgan fingerprint density at radius 2 is 1.96 bits per heavy atom. The van der Waals surface area contributed by atoms with E-state index < -0.39 is 12.0 Å². The summed E-state index contributed by atoms with van der Waals surface area (Å²) in [7, 11) is 1.64. The monoisotopic (exact) mass is 356 g/mol.